The van der Waals surface area contributed by atoms with E-state index in [4.69, 9.17) is 4.74 Å². The average Bonchev–Trinajstić information content (AvgIpc) is 3.15. The molecule has 0 bridgehead atoms. The van der Waals surface area contributed by atoms with Gasteiger partial charge in [0, 0.05) is 37.9 Å². The van der Waals surface area contributed by atoms with Crippen molar-refractivity contribution in [2.75, 3.05) is 20.2 Å². The van der Waals surface area contributed by atoms with Gasteiger partial charge in [-0.15, -0.1) is 11.3 Å². The molecule has 2 heterocycles. The van der Waals surface area contributed by atoms with Gasteiger partial charge in [0.2, 0.25) is 0 Å². The largest absolute Gasteiger partial charge is 0.417 e. The summed E-state index contributed by atoms with van der Waals surface area (Å²) < 4.78 is 44.3. The molecular weight excluding hydrogens is 355 g/mol. The Bertz CT molecular complexity index is 618. The number of aryl methyl sites for hydroxylation is 2. The Hall–Kier alpha value is -1.35. The number of amides is 2. The highest BCUT2D eigenvalue weighted by Gasteiger charge is 2.56. The van der Waals surface area contributed by atoms with Crippen molar-refractivity contribution in [1.29, 1.82) is 0 Å². The summed E-state index contributed by atoms with van der Waals surface area (Å²) in [6.45, 7) is 1.88. The molecule has 3 rings (SSSR count). The summed E-state index contributed by atoms with van der Waals surface area (Å²) in [7, 11) is 1.08. The minimum atomic E-state index is -4.43. The highest BCUT2D eigenvalue weighted by Crippen LogP contribution is 2.41. The molecule has 1 N–H and O–H groups in total. The van der Waals surface area contributed by atoms with E-state index in [1.165, 1.54) is 9.78 Å². The number of thiazole rings is 1. The lowest BCUT2D eigenvalue weighted by Gasteiger charge is -2.41. The first-order valence-electron chi connectivity index (χ1n) is 8.41. The molecule has 5 nitrogen and oxygen atoms in total. The fraction of sp³-hybridized carbons (Fsp3) is 0.750. The third kappa shape index (κ3) is 3.48. The van der Waals surface area contributed by atoms with Crippen LogP contribution >= 0.6 is 11.3 Å². The number of ether oxygens (including phenoxy) is 1. The number of halogens is 3. The second-order valence-electron chi connectivity index (χ2n) is 6.63. The van der Waals surface area contributed by atoms with Crippen molar-refractivity contribution in [3.05, 3.63) is 15.6 Å². The lowest BCUT2D eigenvalue weighted by atomic mass is 9.90. The lowest BCUT2D eigenvalue weighted by Crippen LogP contribution is -2.56. The smallest absolute Gasteiger partial charge is 0.369 e. The molecule has 1 aromatic rings. The molecule has 1 aliphatic heterocycles. The number of aromatic nitrogens is 1. The van der Waals surface area contributed by atoms with Crippen LogP contribution in [0.3, 0.4) is 0 Å². The minimum absolute atomic E-state index is 0.0142. The van der Waals surface area contributed by atoms with Crippen LogP contribution in [0.15, 0.2) is 0 Å². The first-order valence-corrected chi connectivity index (χ1v) is 9.23. The number of fused-ring (bicyclic) bond motifs is 1. The molecule has 0 radical (unpaired) electrons. The number of likely N-dealkylation sites (tertiary alicyclic amines) is 1. The van der Waals surface area contributed by atoms with Crippen LogP contribution in [0.2, 0.25) is 0 Å². The van der Waals surface area contributed by atoms with Crippen LogP contribution in [0, 0.1) is 0 Å². The molecule has 0 saturated carbocycles. The van der Waals surface area contributed by atoms with Crippen molar-refractivity contribution >= 4 is 17.4 Å². The van der Waals surface area contributed by atoms with Gasteiger partial charge in [0.15, 0.2) is 5.60 Å². The number of rotatable bonds is 3. The predicted molar refractivity (Wildman–Crippen MR) is 87.7 cm³/mol. The number of carbonyl (C=O) groups is 1. The molecule has 25 heavy (non-hydrogen) atoms. The third-order valence-electron chi connectivity index (χ3n) is 5.09. The van der Waals surface area contributed by atoms with Gasteiger partial charge in [0.25, 0.3) is 0 Å². The average molecular weight is 377 g/mol. The molecule has 0 aromatic carbocycles. The molecule has 140 valence electrons. The first-order chi connectivity index (χ1) is 11.8. The van der Waals surface area contributed by atoms with Gasteiger partial charge in [-0.2, -0.15) is 13.2 Å². The predicted octanol–water partition coefficient (Wildman–Crippen LogP) is 3.45. The Morgan fingerprint density at radius 1 is 1.36 bits per heavy atom. The Morgan fingerprint density at radius 3 is 2.60 bits per heavy atom. The van der Waals surface area contributed by atoms with Gasteiger partial charge in [-0.3, -0.25) is 0 Å². The van der Waals surface area contributed by atoms with Crippen molar-refractivity contribution in [2.45, 2.75) is 56.8 Å². The molecule has 1 aliphatic carbocycles. The van der Waals surface area contributed by atoms with E-state index in [1.807, 2.05) is 6.92 Å². The number of piperidine rings is 1. The second kappa shape index (κ2) is 6.75. The van der Waals surface area contributed by atoms with Gasteiger partial charge < -0.3 is 15.0 Å². The number of alkyl halides is 3. The van der Waals surface area contributed by atoms with Crippen molar-refractivity contribution in [1.82, 2.24) is 15.2 Å². The molecule has 1 aromatic heterocycles. The number of hydrogen-bond donors (Lipinski definition) is 1. The fourth-order valence-electron chi connectivity index (χ4n) is 3.41. The zero-order valence-electron chi connectivity index (χ0n) is 14.3. The topological polar surface area (TPSA) is 54.5 Å². The minimum Gasteiger partial charge on any atom is -0.369 e. The number of hydrogen-bond acceptors (Lipinski definition) is 4. The molecule has 9 heteroatoms. The van der Waals surface area contributed by atoms with Crippen LogP contribution in [0.1, 0.15) is 47.8 Å². The normalized spacial score (nSPS) is 21.1. The monoisotopic (exact) mass is 377 g/mol. The molecule has 1 unspecified atom stereocenters. The van der Waals surface area contributed by atoms with Crippen LogP contribution in [0.25, 0.3) is 0 Å². The molecule has 0 spiro atoms. The molecule has 1 saturated heterocycles. The van der Waals surface area contributed by atoms with E-state index < -0.39 is 11.8 Å². The second-order valence-corrected chi connectivity index (χ2v) is 7.75. The maximum atomic E-state index is 13.2. The summed E-state index contributed by atoms with van der Waals surface area (Å²) in [4.78, 5) is 19.6. The standard InChI is InChI=1S/C16H22F3N3O2S/c1-10(13-21-11-4-3-5-12(11)25-13)20-14(23)22-8-6-15(24-2,7-9-22)16(17,18)19/h10H,3-9H2,1-2H3,(H,20,23). The van der Waals surface area contributed by atoms with Gasteiger partial charge in [-0.25, -0.2) is 9.78 Å². The SMILES string of the molecule is COC1(C(F)(F)F)CCN(C(=O)NC(C)c2nc3c(s2)CCC3)CC1. The molecule has 1 fully saturated rings. The van der Waals surface area contributed by atoms with E-state index in [9.17, 15) is 18.0 Å². The quantitative estimate of drug-likeness (QED) is 0.878. The van der Waals surface area contributed by atoms with Crippen LogP contribution in [0.4, 0.5) is 18.0 Å². The van der Waals surface area contributed by atoms with Crippen LogP contribution in [0.5, 0.6) is 0 Å². The Morgan fingerprint density at radius 2 is 2.04 bits per heavy atom. The highest BCUT2D eigenvalue weighted by molar-refractivity contribution is 7.11. The fourth-order valence-corrected chi connectivity index (χ4v) is 4.56. The third-order valence-corrected chi connectivity index (χ3v) is 6.43. The van der Waals surface area contributed by atoms with Crippen LogP contribution in [-0.2, 0) is 17.6 Å². The van der Waals surface area contributed by atoms with Crippen molar-refractivity contribution < 1.29 is 22.7 Å². The van der Waals surface area contributed by atoms with Crippen LogP contribution < -0.4 is 5.32 Å². The lowest BCUT2D eigenvalue weighted by molar-refractivity contribution is -0.281. The summed E-state index contributed by atoms with van der Waals surface area (Å²) in [5, 5.41) is 3.71. The zero-order chi connectivity index (χ0) is 18.2. The summed E-state index contributed by atoms with van der Waals surface area (Å²) in [5.74, 6) is 0. The van der Waals surface area contributed by atoms with Crippen molar-refractivity contribution in [3.8, 4) is 0 Å². The molecule has 2 aliphatic rings. The maximum absolute atomic E-state index is 13.2. The Kier molecular flexibility index (Phi) is 4.98. The summed E-state index contributed by atoms with van der Waals surface area (Å²) in [5.41, 5.74) is -1.03. The number of methoxy groups -OCH3 is 1. The van der Waals surface area contributed by atoms with Gasteiger partial charge in [0.1, 0.15) is 5.01 Å². The van der Waals surface area contributed by atoms with Crippen molar-refractivity contribution in [3.63, 3.8) is 0 Å². The van der Waals surface area contributed by atoms with Gasteiger partial charge in [0.05, 0.1) is 11.7 Å². The van der Waals surface area contributed by atoms with E-state index in [-0.39, 0.29) is 38.0 Å². The van der Waals surface area contributed by atoms with Gasteiger partial charge >= 0.3 is 12.2 Å². The van der Waals surface area contributed by atoms with E-state index in [1.54, 1.807) is 11.3 Å². The Labute approximate surface area is 148 Å². The van der Waals surface area contributed by atoms with Gasteiger partial charge in [-0.05, 0) is 26.2 Å². The molecule has 2 amide bonds. The summed E-state index contributed by atoms with van der Waals surface area (Å²) in [6.07, 6.45) is -1.78. The number of nitrogens with one attached hydrogen (secondary N) is 1. The van der Waals surface area contributed by atoms with E-state index >= 15 is 0 Å². The number of nitrogens with zero attached hydrogens (tertiary/aromatic N) is 2. The first kappa shape index (κ1) is 18.4. The Balaban J connectivity index is 1.57. The molecule has 1 atom stereocenters. The highest BCUT2D eigenvalue weighted by atomic mass is 32.1. The summed E-state index contributed by atoms with van der Waals surface area (Å²) in [6, 6.07) is -0.602. The van der Waals surface area contributed by atoms with E-state index in [0.29, 0.717) is 0 Å². The maximum Gasteiger partial charge on any atom is 0.417 e. The summed E-state index contributed by atoms with van der Waals surface area (Å²) >= 11 is 1.61. The van der Waals surface area contributed by atoms with E-state index in [2.05, 4.69) is 10.3 Å². The van der Waals surface area contributed by atoms with Crippen LogP contribution in [-0.4, -0.2) is 47.9 Å². The number of urea groups is 1. The van der Waals surface area contributed by atoms with Crippen molar-refractivity contribution in [2.24, 2.45) is 0 Å². The molecular formula is C16H22F3N3O2S. The number of carbonyl (C=O) groups excluding carboxylic acids is 1. The zero-order valence-corrected chi connectivity index (χ0v) is 15.1. The van der Waals surface area contributed by atoms with E-state index in [0.717, 1.165) is 37.1 Å². The van der Waals surface area contributed by atoms with Gasteiger partial charge in [-0.1, -0.05) is 0 Å².